The summed E-state index contributed by atoms with van der Waals surface area (Å²) in [7, 11) is 0. The summed E-state index contributed by atoms with van der Waals surface area (Å²) in [5, 5.41) is 0.880. The number of hydrogen-bond acceptors (Lipinski definition) is 2. The molecule has 2 aromatic rings. The van der Waals surface area contributed by atoms with Gasteiger partial charge in [-0.3, -0.25) is 0 Å². The monoisotopic (exact) mass is 274 g/mol. The van der Waals surface area contributed by atoms with Crippen LogP contribution in [0.3, 0.4) is 0 Å². The maximum absolute atomic E-state index is 13.5. The first-order valence-electron chi connectivity index (χ1n) is 4.22. The molecule has 0 N–H and O–H groups in total. The summed E-state index contributed by atoms with van der Waals surface area (Å²) in [6, 6.07) is 5.17. The minimum absolute atomic E-state index is 0.221. The molecule has 4 heteroatoms. The number of hydrogen-bond donors (Lipinski definition) is 0. The highest BCUT2D eigenvalue weighted by molar-refractivity contribution is 9.11. The molecule has 0 atom stereocenters. The van der Waals surface area contributed by atoms with Crippen LogP contribution in [0.2, 0.25) is 0 Å². The molecule has 0 amide bonds. The van der Waals surface area contributed by atoms with Crippen molar-refractivity contribution >= 4 is 37.4 Å². The first-order chi connectivity index (χ1) is 6.70. The van der Waals surface area contributed by atoms with Gasteiger partial charge in [-0.25, -0.2) is 4.39 Å². The molecule has 14 heavy (non-hydrogen) atoms. The summed E-state index contributed by atoms with van der Waals surface area (Å²) >= 11 is 4.72. The van der Waals surface area contributed by atoms with Crippen LogP contribution in [0.5, 0.6) is 5.75 Å². The minimum Gasteiger partial charge on any atom is -0.494 e. The van der Waals surface area contributed by atoms with E-state index in [2.05, 4.69) is 15.9 Å². The molecule has 0 spiro atoms. The van der Waals surface area contributed by atoms with Crippen molar-refractivity contribution in [2.45, 2.75) is 6.92 Å². The Kier molecular flexibility index (Phi) is 2.74. The third-order valence-electron chi connectivity index (χ3n) is 1.83. The van der Waals surface area contributed by atoms with Gasteiger partial charge in [-0.2, -0.15) is 0 Å². The maximum atomic E-state index is 13.5. The van der Waals surface area contributed by atoms with Crippen molar-refractivity contribution in [3.05, 3.63) is 27.8 Å². The van der Waals surface area contributed by atoms with Gasteiger partial charge in [0.1, 0.15) is 11.6 Å². The molecular weight excluding hydrogens is 267 g/mol. The summed E-state index contributed by atoms with van der Waals surface area (Å²) in [6.45, 7) is 2.43. The summed E-state index contributed by atoms with van der Waals surface area (Å²) in [4.78, 5) is 0. The second-order valence-corrected chi connectivity index (χ2v) is 5.24. The van der Waals surface area contributed by atoms with Crippen molar-refractivity contribution in [2.24, 2.45) is 0 Å². The zero-order chi connectivity index (χ0) is 10.1. The average molecular weight is 275 g/mol. The van der Waals surface area contributed by atoms with Gasteiger partial charge in [-0.1, -0.05) is 0 Å². The van der Waals surface area contributed by atoms with Crippen molar-refractivity contribution in [1.29, 1.82) is 0 Å². The molecule has 1 heterocycles. The van der Waals surface area contributed by atoms with E-state index >= 15 is 0 Å². The van der Waals surface area contributed by atoms with E-state index in [0.29, 0.717) is 17.1 Å². The second-order valence-electron chi connectivity index (χ2n) is 2.81. The molecule has 0 aliphatic rings. The molecule has 0 bridgehead atoms. The standard InChI is InChI=1S/C10H8BrFOS/c1-2-13-7-3-6-4-9(11)14-10(6)8(12)5-7/h3-5H,2H2,1H3. The lowest BCUT2D eigenvalue weighted by Crippen LogP contribution is -1.91. The third kappa shape index (κ3) is 1.77. The van der Waals surface area contributed by atoms with E-state index < -0.39 is 0 Å². The lowest BCUT2D eigenvalue weighted by Gasteiger charge is -2.02. The van der Waals surface area contributed by atoms with Crippen LogP contribution in [-0.4, -0.2) is 6.61 Å². The van der Waals surface area contributed by atoms with E-state index in [1.54, 1.807) is 0 Å². The van der Waals surface area contributed by atoms with Gasteiger partial charge < -0.3 is 4.74 Å². The van der Waals surface area contributed by atoms with Crippen LogP contribution >= 0.6 is 27.3 Å². The van der Waals surface area contributed by atoms with Crippen molar-refractivity contribution in [3.8, 4) is 5.75 Å². The highest BCUT2D eigenvalue weighted by atomic mass is 79.9. The summed E-state index contributed by atoms with van der Waals surface area (Å²) in [5.74, 6) is 0.365. The lowest BCUT2D eigenvalue weighted by atomic mass is 10.2. The molecule has 0 aliphatic heterocycles. The van der Waals surface area contributed by atoms with E-state index in [1.807, 2.05) is 19.1 Å². The van der Waals surface area contributed by atoms with E-state index in [0.717, 1.165) is 9.17 Å². The van der Waals surface area contributed by atoms with Crippen molar-refractivity contribution in [3.63, 3.8) is 0 Å². The molecule has 0 radical (unpaired) electrons. The second kappa shape index (κ2) is 3.87. The van der Waals surface area contributed by atoms with Crippen LogP contribution < -0.4 is 4.74 Å². The van der Waals surface area contributed by atoms with Crippen molar-refractivity contribution < 1.29 is 9.13 Å². The fraction of sp³-hybridized carbons (Fsp3) is 0.200. The lowest BCUT2D eigenvalue weighted by molar-refractivity contribution is 0.339. The zero-order valence-electron chi connectivity index (χ0n) is 7.51. The molecule has 74 valence electrons. The topological polar surface area (TPSA) is 9.23 Å². The van der Waals surface area contributed by atoms with Crippen molar-refractivity contribution in [2.75, 3.05) is 6.61 Å². The molecule has 2 rings (SSSR count). The Morgan fingerprint density at radius 2 is 2.21 bits per heavy atom. The normalized spacial score (nSPS) is 10.8. The Morgan fingerprint density at radius 3 is 2.93 bits per heavy atom. The molecule has 0 aliphatic carbocycles. The fourth-order valence-electron chi connectivity index (χ4n) is 1.30. The summed E-state index contributed by atoms with van der Waals surface area (Å²) in [6.07, 6.45) is 0. The highest BCUT2D eigenvalue weighted by Gasteiger charge is 2.07. The maximum Gasteiger partial charge on any atom is 0.144 e. The largest absolute Gasteiger partial charge is 0.494 e. The van der Waals surface area contributed by atoms with Crippen LogP contribution in [0.1, 0.15) is 6.92 Å². The Bertz CT molecular complexity index is 466. The van der Waals surface area contributed by atoms with Gasteiger partial charge in [0, 0.05) is 11.5 Å². The Labute approximate surface area is 93.6 Å². The fourth-order valence-corrected chi connectivity index (χ4v) is 2.81. The molecule has 0 unspecified atom stereocenters. The first kappa shape index (κ1) is 9.93. The SMILES string of the molecule is CCOc1cc(F)c2sc(Br)cc2c1. The van der Waals surface area contributed by atoms with Gasteiger partial charge in [0.05, 0.1) is 15.1 Å². The van der Waals surface area contributed by atoms with E-state index in [1.165, 1.54) is 17.4 Å². The Balaban J connectivity index is 2.59. The predicted molar refractivity (Wildman–Crippen MR) is 60.7 cm³/mol. The van der Waals surface area contributed by atoms with Gasteiger partial charge in [0.25, 0.3) is 0 Å². The molecule has 1 aromatic heterocycles. The van der Waals surface area contributed by atoms with Gasteiger partial charge >= 0.3 is 0 Å². The zero-order valence-corrected chi connectivity index (χ0v) is 9.91. The van der Waals surface area contributed by atoms with Crippen LogP contribution in [0.4, 0.5) is 4.39 Å². The summed E-state index contributed by atoms with van der Waals surface area (Å²) < 4.78 is 20.3. The van der Waals surface area contributed by atoms with E-state index in [-0.39, 0.29) is 5.82 Å². The quantitative estimate of drug-likeness (QED) is 0.798. The number of thiophene rings is 1. The van der Waals surface area contributed by atoms with Crippen LogP contribution in [-0.2, 0) is 0 Å². The number of rotatable bonds is 2. The van der Waals surface area contributed by atoms with Crippen LogP contribution in [0, 0.1) is 5.82 Å². The number of halogens is 2. The first-order valence-corrected chi connectivity index (χ1v) is 5.83. The Hall–Kier alpha value is -0.610. The smallest absolute Gasteiger partial charge is 0.144 e. The van der Waals surface area contributed by atoms with Gasteiger partial charge in [-0.15, -0.1) is 11.3 Å². The predicted octanol–water partition coefficient (Wildman–Crippen LogP) is 4.20. The van der Waals surface area contributed by atoms with Gasteiger partial charge in [-0.05, 0) is 35.0 Å². The third-order valence-corrected chi connectivity index (χ3v) is 3.49. The molecule has 0 saturated carbocycles. The highest BCUT2D eigenvalue weighted by Crippen LogP contribution is 2.34. The number of fused-ring (bicyclic) bond motifs is 1. The molecule has 0 saturated heterocycles. The molecule has 0 fully saturated rings. The van der Waals surface area contributed by atoms with E-state index in [4.69, 9.17) is 4.74 Å². The van der Waals surface area contributed by atoms with Gasteiger partial charge in [0.2, 0.25) is 0 Å². The Morgan fingerprint density at radius 1 is 1.43 bits per heavy atom. The molecule has 1 aromatic carbocycles. The summed E-state index contributed by atoms with van der Waals surface area (Å²) in [5.41, 5.74) is 0. The number of benzene rings is 1. The van der Waals surface area contributed by atoms with Crippen LogP contribution in [0.15, 0.2) is 22.0 Å². The van der Waals surface area contributed by atoms with Crippen molar-refractivity contribution in [1.82, 2.24) is 0 Å². The number of ether oxygens (including phenoxy) is 1. The average Bonchev–Trinajstić information content (AvgIpc) is 2.47. The van der Waals surface area contributed by atoms with Crippen LogP contribution in [0.25, 0.3) is 10.1 Å². The molecular formula is C10H8BrFOS. The molecule has 1 nitrogen and oxygen atoms in total. The van der Waals surface area contributed by atoms with Gasteiger partial charge in [0.15, 0.2) is 0 Å². The minimum atomic E-state index is -0.221. The van der Waals surface area contributed by atoms with E-state index in [9.17, 15) is 4.39 Å².